The summed E-state index contributed by atoms with van der Waals surface area (Å²) in [4.78, 5) is 10.3. The van der Waals surface area contributed by atoms with Crippen molar-refractivity contribution in [3.63, 3.8) is 0 Å². The molecule has 0 amide bonds. The van der Waals surface area contributed by atoms with Crippen LogP contribution in [0.3, 0.4) is 0 Å². The first-order valence-corrected chi connectivity index (χ1v) is 8.46. The summed E-state index contributed by atoms with van der Waals surface area (Å²) >= 11 is 7.70. The van der Waals surface area contributed by atoms with Crippen LogP contribution in [0.5, 0.6) is 0 Å². The summed E-state index contributed by atoms with van der Waals surface area (Å²) in [7, 11) is 0. The Morgan fingerprint density at radius 2 is 2.10 bits per heavy atom. The molecule has 112 valence electrons. The number of benzene rings is 1. The molecule has 1 N–H and O–H groups in total. The van der Waals surface area contributed by atoms with Crippen molar-refractivity contribution < 1.29 is 0 Å². The van der Waals surface area contributed by atoms with Gasteiger partial charge in [-0.2, -0.15) is 0 Å². The van der Waals surface area contributed by atoms with E-state index in [0.29, 0.717) is 0 Å². The molecular weight excluding hydrogens is 302 g/mol. The van der Waals surface area contributed by atoms with Crippen molar-refractivity contribution in [2.75, 3.05) is 6.54 Å². The minimum absolute atomic E-state index is 0.753. The maximum atomic E-state index is 6.00. The van der Waals surface area contributed by atoms with Gasteiger partial charge >= 0.3 is 0 Å². The fraction of sp³-hybridized carbons (Fsp3) is 0.375. The molecule has 0 saturated heterocycles. The highest BCUT2D eigenvalue weighted by Gasteiger charge is 2.04. The van der Waals surface area contributed by atoms with Crippen molar-refractivity contribution in [2.45, 2.75) is 37.5 Å². The minimum atomic E-state index is 0.753. The lowest BCUT2D eigenvalue weighted by Gasteiger charge is -2.07. The Balaban J connectivity index is 1.99. The SMILES string of the molecule is CCCNCc1cc(C)nc(CSc2cccc(Cl)c2)n1. The highest BCUT2D eigenvalue weighted by atomic mass is 35.5. The lowest BCUT2D eigenvalue weighted by molar-refractivity contribution is 0.659. The topological polar surface area (TPSA) is 37.8 Å². The highest BCUT2D eigenvalue weighted by molar-refractivity contribution is 7.98. The molecule has 0 aliphatic heterocycles. The second-order valence-electron chi connectivity index (χ2n) is 4.84. The summed E-state index contributed by atoms with van der Waals surface area (Å²) in [5, 5.41) is 4.13. The first kappa shape index (κ1) is 16.3. The minimum Gasteiger partial charge on any atom is -0.311 e. The lowest BCUT2D eigenvalue weighted by Crippen LogP contribution is -2.15. The fourth-order valence-corrected chi connectivity index (χ4v) is 3.02. The van der Waals surface area contributed by atoms with Gasteiger partial charge in [0, 0.05) is 22.2 Å². The Bertz CT molecular complexity index is 589. The van der Waals surface area contributed by atoms with Gasteiger partial charge in [-0.05, 0) is 44.2 Å². The number of aryl methyl sites for hydroxylation is 1. The van der Waals surface area contributed by atoms with Crippen LogP contribution < -0.4 is 5.32 Å². The number of nitrogens with one attached hydrogen (secondary N) is 1. The summed E-state index contributed by atoms with van der Waals surface area (Å²) < 4.78 is 0. The summed E-state index contributed by atoms with van der Waals surface area (Å²) in [6.45, 7) is 5.98. The monoisotopic (exact) mass is 321 g/mol. The van der Waals surface area contributed by atoms with Gasteiger partial charge in [-0.25, -0.2) is 9.97 Å². The molecule has 0 aliphatic rings. The van der Waals surface area contributed by atoms with Gasteiger partial charge in [0.05, 0.1) is 11.4 Å². The summed E-state index contributed by atoms with van der Waals surface area (Å²) in [6.07, 6.45) is 1.13. The predicted octanol–water partition coefficient (Wildman–Crippen LogP) is 4.23. The zero-order chi connectivity index (χ0) is 15.1. The van der Waals surface area contributed by atoms with E-state index in [1.807, 2.05) is 31.2 Å². The summed E-state index contributed by atoms with van der Waals surface area (Å²) in [5.74, 6) is 1.62. The summed E-state index contributed by atoms with van der Waals surface area (Å²) in [6, 6.07) is 9.89. The van der Waals surface area contributed by atoms with E-state index in [2.05, 4.69) is 28.3 Å². The molecule has 2 aromatic rings. The van der Waals surface area contributed by atoms with Gasteiger partial charge in [-0.1, -0.05) is 24.6 Å². The average molecular weight is 322 g/mol. The molecule has 0 bridgehead atoms. The number of aromatic nitrogens is 2. The molecule has 0 atom stereocenters. The fourth-order valence-electron chi connectivity index (χ4n) is 1.95. The van der Waals surface area contributed by atoms with E-state index in [1.54, 1.807) is 11.8 Å². The summed E-state index contributed by atoms with van der Waals surface area (Å²) in [5.41, 5.74) is 2.07. The van der Waals surface area contributed by atoms with Crippen molar-refractivity contribution in [2.24, 2.45) is 0 Å². The van der Waals surface area contributed by atoms with Crippen LogP contribution in [0.2, 0.25) is 5.02 Å². The first-order valence-electron chi connectivity index (χ1n) is 7.10. The van der Waals surface area contributed by atoms with Gasteiger partial charge in [-0.15, -0.1) is 11.8 Å². The van der Waals surface area contributed by atoms with E-state index >= 15 is 0 Å². The molecule has 0 fully saturated rings. The largest absolute Gasteiger partial charge is 0.311 e. The van der Waals surface area contributed by atoms with Crippen molar-refractivity contribution in [3.8, 4) is 0 Å². The smallest absolute Gasteiger partial charge is 0.139 e. The predicted molar refractivity (Wildman–Crippen MR) is 89.8 cm³/mol. The second kappa shape index (κ2) is 8.37. The third-order valence-electron chi connectivity index (χ3n) is 2.85. The van der Waals surface area contributed by atoms with Gasteiger partial charge in [0.1, 0.15) is 5.82 Å². The molecule has 1 aromatic heterocycles. The normalized spacial score (nSPS) is 10.8. The van der Waals surface area contributed by atoms with Crippen LogP contribution in [0.25, 0.3) is 0 Å². The molecule has 0 saturated carbocycles. The van der Waals surface area contributed by atoms with E-state index in [1.165, 1.54) is 0 Å². The number of halogens is 1. The van der Waals surface area contributed by atoms with Crippen LogP contribution in [-0.2, 0) is 12.3 Å². The molecule has 3 nitrogen and oxygen atoms in total. The van der Waals surface area contributed by atoms with E-state index in [9.17, 15) is 0 Å². The van der Waals surface area contributed by atoms with Crippen LogP contribution in [0.1, 0.15) is 30.6 Å². The van der Waals surface area contributed by atoms with Gasteiger partial charge in [0.25, 0.3) is 0 Å². The van der Waals surface area contributed by atoms with Crippen LogP contribution in [0.15, 0.2) is 35.2 Å². The van der Waals surface area contributed by atoms with Gasteiger partial charge in [0.15, 0.2) is 0 Å². The third kappa shape index (κ3) is 5.65. The Kier molecular flexibility index (Phi) is 6.49. The molecule has 0 radical (unpaired) electrons. The van der Waals surface area contributed by atoms with Crippen molar-refractivity contribution in [3.05, 3.63) is 52.6 Å². The molecule has 0 spiro atoms. The Labute approximate surface area is 135 Å². The maximum absolute atomic E-state index is 6.00. The lowest BCUT2D eigenvalue weighted by atomic mass is 10.3. The Morgan fingerprint density at radius 1 is 1.24 bits per heavy atom. The molecule has 21 heavy (non-hydrogen) atoms. The van der Waals surface area contributed by atoms with E-state index in [0.717, 1.165) is 52.4 Å². The molecule has 2 rings (SSSR count). The van der Waals surface area contributed by atoms with Gasteiger partial charge in [0.2, 0.25) is 0 Å². The van der Waals surface area contributed by atoms with Crippen molar-refractivity contribution in [1.82, 2.24) is 15.3 Å². The molecule has 1 heterocycles. The van der Waals surface area contributed by atoms with E-state index < -0.39 is 0 Å². The quantitative estimate of drug-likeness (QED) is 0.611. The Hall–Kier alpha value is -1.10. The van der Waals surface area contributed by atoms with Crippen LogP contribution >= 0.6 is 23.4 Å². The average Bonchev–Trinajstić information content (AvgIpc) is 2.45. The van der Waals surface area contributed by atoms with Gasteiger partial charge in [-0.3, -0.25) is 0 Å². The second-order valence-corrected chi connectivity index (χ2v) is 6.32. The molecule has 0 aliphatic carbocycles. The number of thioether (sulfide) groups is 1. The first-order chi connectivity index (χ1) is 10.2. The molecule has 1 aromatic carbocycles. The standard InChI is InChI=1S/C16H20ClN3S/c1-3-7-18-10-14-8-12(2)19-16(20-14)11-21-15-6-4-5-13(17)9-15/h4-6,8-9,18H,3,7,10-11H2,1-2H3. The molecule has 0 unspecified atom stereocenters. The van der Waals surface area contributed by atoms with E-state index in [-0.39, 0.29) is 0 Å². The molecular formula is C16H20ClN3S. The number of rotatable bonds is 7. The zero-order valence-corrected chi connectivity index (χ0v) is 14.0. The van der Waals surface area contributed by atoms with Crippen LogP contribution in [-0.4, -0.2) is 16.5 Å². The number of nitrogens with zero attached hydrogens (tertiary/aromatic N) is 2. The number of hydrogen-bond acceptors (Lipinski definition) is 4. The van der Waals surface area contributed by atoms with Gasteiger partial charge < -0.3 is 5.32 Å². The van der Waals surface area contributed by atoms with E-state index in [4.69, 9.17) is 11.6 Å². The number of hydrogen-bond donors (Lipinski definition) is 1. The third-order valence-corrected chi connectivity index (χ3v) is 4.08. The maximum Gasteiger partial charge on any atom is 0.139 e. The van der Waals surface area contributed by atoms with Crippen molar-refractivity contribution in [1.29, 1.82) is 0 Å². The highest BCUT2D eigenvalue weighted by Crippen LogP contribution is 2.24. The zero-order valence-electron chi connectivity index (χ0n) is 12.4. The molecule has 5 heteroatoms. The van der Waals surface area contributed by atoms with Crippen LogP contribution in [0, 0.1) is 6.92 Å². The van der Waals surface area contributed by atoms with Crippen LogP contribution in [0.4, 0.5) is 0 Å². The Morgan fingerprint density at radius 3 is 2.86 bits per heavy atom. The van der Waals surface area contributed by atoms with Crippen molar-refractivity contribution >= 4 is 23.4 Å².